The quantitative estimate of drug-likeness (QED) is 0.249. The van der Waals surface area contributed by atoms with Crippen molar-refractivity contribution in [2.45, 2.75) is 18.8 Å². The van der Waals surface area contributed by atoms with Crippen molar-refractivity contribution in [2.75, 3.05) is 0 Å². The van der Waals surface area contributed by atoms with Gasteiger partial charge in [0.15, 0.2) is 0 Å². The van der Waals surface area contributed by atoms with Crippen molar-refractivity contribution < 1.29 is 0 Å². The Bertz CT molecular complexity index is 2100. The molecule has 0 aliphatic heterocycles. The van der Waals surface area contributed by atoms with E-state index in [1.54, 1.807) is 0 Å². The van der Waals surface area contributed by atoms with E-state index in [1.807, 2.05) is 0 Å². The Morgan fingerprint density at radius 1 is 0.641 bits per heavy atom. The molecule has 2 heteroatoms. The summed E-state index contributed by atoms with van der Waals surface area (Å²) in [6.45, 7) is 2.35. The number of aromatic amines is 1. The average Bonchev–Trinajstić information content (AvgIpc) is 3.53. The van der Waals surface area contributed by atoms with Crippen LogP contribution in [0.1, 0.15) is 24.5 Å². The second-order valence-corrected chi connectivity index (χ2v) is 11.0. The van der Waals surface area contributed by atoms with E-state index in [4.69, 9.17) is 0 Å². The van der Waals surface area contributed by atoms with Crippen LogP contribution in [0.3, 0.4) is 0 Å². The zero-order chi connectivity index (χ0) is 26.0. The summed E-state index contributed by atoms with van der Waals surface area (Å²) in [4.78, 5) is 3.56. The van der Waals surface area contributed by atoms with E-state index < -0.39 is 0 Å². The van der Waals surface area contributed by atoms with E-state index in [0.717, 1.165) is 6.42 Å². The third-order valence-corrected chi connectivity index (χ3v) is 8.56. The molecule has 0 radical (unpaired) electrons. The van der Waals surface area contributed by atoms with E-state index in [9.17, 15) is 0 Å². The summed E-state index contributed by atoms with van der Waals surface area (Å²) in [5.74, 6) is 0. The molecular formula is C37H28N2. The molecule has 8 rings (SSSR count). The fraction of sp³-hybridized carbons (Fsp3) is 0.0811. The van der Waals surface area contributed by atoms with Crippen molar-refractivity contribution in [2.24, 2.45) is 0 Å². The summed E-state index contributed by atoms with van der Waals surface area (Å²) in [7, 11) is 0. The molecule has 0 bridgehead atoms. The molecule has 1 N–H and O–H groups in total. The maximum atomic E-state index is 3.56. The molecule has 1 atom stereocenters. The summed E-state index contributed by atoms with van der Waals surface area (Å²) in [5, 5.41) is 5.17. The van der Waals surface area contributed by atoms with E-state index in [2.05, 4.69) is 150 Å². The third-order valence-electron chi connectivity index (χ3n) is 8.56. The lowest BCUT2D eigenvalue weighted by Gasteiger charge is -2.29. The van der Waals surface area contributed by atoms with Gasteiger partial charge in [-0.15, -0.1) is 0 Å². The lowest BCUT2D eigenvalue weighted by atomic mass is 9.75. The number of rotatable bonds is 3. The van der Waals surface area contributed by atoms with Crippen LogP contribution >= 0.6 is 0 Å². The van der Waals surface area contributed by atoms with Gasteiger partial charge in [-0.3, -0.25) is 0 Å². The van der Waals surface area contributed by atoms with Gasteiger partial charge in [-0.25, -0.2) is 0 Å². The summed E-state index contributed by atoms with van der Waals surface area (Å²) in [5.41, 5.74) is 9.94. The first-order chi connectivity index (χ1) is 19.2. The number of allylic oxidation sites excluding steroid dienone is 4. The summed E-state index contributed by atoms with van der Waals surface area (Å²) in [6.07, 6.45) is 8.10. The van der Waals surface area contributed by atoms with Crippen LogP contribution in [0.4, 0.5) is 0 Å². The van der Waals surface area contributed by atoms with Gasteiger partial charge in [0.05, 0.1) is 11.0 Å². The Labute approximate surface area is 227 Å². The van der Waals surface area contributed by atoms with Gasteiger partial charge in [-0.2, -0.15) is 0 Å². The molecule has 0 saturated carbocycles. The van der Waals surface area contributed by atoms with E-state index in [-0.39, 0.29) is 5.41 Å². The van der Waals surface area contributed by atoms with Crippen molar-refractivity contribution in [1.29, 1.82) is 0 Å². The summed E-state index contributed by atoms with van der Waals surface area (Å²) >= 11 is 0. The summed E-state index contributed by atoms with van der Waals surface area (Å²) in [6, 6.07) is 41.8. The molecular weight excluding hydrogens is 472 g/mol. The van der Waals surface area contributed by atoms with Crippen LogP contribution in [0.15, 0.2) is 133 Å². The first-order valence-electron chi connectivity index (χ1n) is 13.7. The highest BCUT2D eigenvalue weighted by molar-refractivity contribution is 6.10. The average molecular weight is 501 g/mol. The van der Waals surface area contributed by atoms with Crippen LogP contribution in [0.5, 0.6) is 0 Å². The lowest BCUT2D eigenvalue weighted by Crippen LogP contribution is -2.20. The van der Waals surface area contributed by atoms with Crippen LogP contribution in [0, 0.1) is 0 Å². The first kappa shape index (κ1) is 22.2. The fourth-order valence-corrected chi connectivity index (χ4v) is 6.37. The van der Waals surface area contributed by atoms with Gasteiger partial charge in [-0.1, -0.05) is 91.9 Å². The number of nitrogens with zero attached hydrogens (tertiary/aromatic N) is 1. The second-order valence-electron chi connectivity index (χ2n) is 11.0. The fourth-order valence-electron chi connectivity index (χ4n) is 6.37. The van der Waals surface area contributed by atoms with Gasteiger partial charge in [0.2, 0.25) is 0 Å². The van der Waals surface area contributed by atoms with Gasteiger partial charge in [0, 0.05) is 43.7 Å². The lowest BCUT2D eigenvalue weighted by molar-refractivity contribution is 0.602. The highest BCUT2D eigenvalue weighted by Gasteiger charge is 2.26. The smallest absolute Gasteiger partial charge is 0.0541 e. The van der Waals surface area contributed by atoms with Crippen LogP contribution < -0.4 is 0 Å². The SMILES string of the molecule is CC1(c2ccc3[nH]c4ccccc4c3c2)C=CC(c2ccc3c(c2)c2ccccc2n3-c2ccccc2)=CC1. The highest BCUT2D eigenvalue weighted by Crippen LogP contribution is 2.40. The number of nitrogens with one attached hydrogen (secondary N) is 1. The van der Waals surface area contributed by atoms with Crippen LogP contribution in [0.25, 0.3) is 54.9 Å². The predicted octanol–water partition coefficient (Wildman–Crippen LogP) is 9.72. The van der Waals surface area contributed by atoms with Crippen molar-refractivity contribution in [3.63, 3.8) is 0 Å². The molecule has 1 aliphatic carbocycles. The molecule has 0 fully saturated rings. The number of hydrogen-bond donors (Lipinski definition) is 1. The summed E-state index contributed by atoms with van der Waals surface area (Å²) < 4.78 is 2.37. The first-order valence-corrected chi connectivity index (χ1v) is 13.7. The molecule has 7 aromatic rings. The molecule has 0 amide bonds. The number of benzene rings is 5. The van der Waals surface area contributed by atoms with Gasteiger partial charge in [0.25, 0.3) is 0 Å². The Kier molecular flexibility index (Phi) is 4.75. The zero-order valence-electron chi connectivity index (χ0n) is 21.9. The molecule has 2 nitrogen and oxygen atoms in total. The van der Waals surface area contributed by atoms with Crippen molar-refractivity contribution in [3.8, 4) is 5.69 Å². The minimum Gasteiger partial charge on any atom is -0.355 e. The maximum absolute atomic E-state index is 3.56. The molecule has 2 heterocycles. The normalized spacial score (nSPS) is 17.4. The molecule has 2 aromatic heterocycles. The standard InChI is InChI=1S/C37H28N2/c1-37(27-16-17-34-31(24-27)29-11-5-7-13-33(29)38-34)21-19-25(20-22-37)26-15-18-36-32(23-26)30-12-6-8-14-35(30)39(36)28-9-3-2-4-10-28/h2-21,23-24,38H,22H2,1H3. The van der Waals surface area contributed by atoms with Crippen LogP contribution in [-0.4, -0.2) is 9.55 Å². The van der Waals surface area contributed by atoms with Gasteiger partial charge < -0.3 is 9.55 Å². The van der Waals surface area contributed by atoms with Crippen molar-refractivity contribution >= 4 is 49.2 Å². The van der Waals surface area contributed by atoms with Crippen molar-refractivity contribution in [1.82, 2.24) is 9.55 Å². The third kappa shape index (κ3) is 3.42. The molecule has 0 spiro atoms. The molecule has 39 heavy (non-hydrogen) atoms. The van der Waals surface area contributed by atoms with E-state index >= 15 is 0 Å². The minimum atomic E-state index is -0.0382. The molecule has 1 unspecified atom stereocenters. The minimum absolute atomic E-state index is 0.0382. The Morgan fingerprint density at radius 2 is 1.38 bits per heavy atom. The van der Waals surface area contributed by atoms with Crippen LogP contribution in [-0.2, 0) is 5.41 Å². The largest absolute Gasteiger partial charge is 0.355 e. The molecule has 0 saturated heterocycles. The van der Waals surface area contributed by atoms with E-state index in [0.29, 0.717) is 0 Å². The number of H-pyrrole nitrogens is 1. The highest BCUT2D eigenvalue weighted by atomic mass is 15.0. The number of hydrogen-bond acceptors (Lipinski definition) is 0. The number of para-hydroxylation sites is 3. The second kappa shape index (κ2) is 8.34. The monoisotopic (exact) mass is 500 g/mol. The predicted molar refractivity (Wildman–Crippen MR) is 166 cm³/mol. The Morgan fingerprint density at radius 3 is 2.23 bits per heavy atom. The maximum Gasteiger partial charge on any atom is 0.0541 e. The Balaban J connectivity index is 1.18. The van der Waals surface area contributed by atoms with Gasteiger partial charge >= 0.3 is 0 Å². The van der Waals surface area contributed by atoms with Gasteiger partial charge in [0.1, 0.15) is 0 Å². The number of fused-ring (bicyclic) bond motifs is 6. The van der Waals surface area contributed by atoms with Crippen LogP contribution in [0.2, 0.25) is 0 Å². The molecule has 1 aliphatic rings. The zero-order valence-corrected chi connectivity index (χ0v) is 21.9. The van der Waals surface area contributed by atoms with Crippen molar-refractivity contribution in [3.05, 3.63) is 145 Å². The van der Waals surface area contributed by atoms with Gasteiger partial charge in [-0.05, 0) is 71.7 Å². The topological polar surface area (TPSA) is 20.7 Å². The van der Waals surface area contributed by atoms with E-state index in [1.165, 1.54) is 66.0 Å². The molecule has 186 valence electrons. The number of aromatic nitrogens is 2. The Hall–Kier alpha value is -4.82. The molecule has 5 aromatic carbocycles.